The molecule has 0 spiro atoms. The fraction of sp³-hybridized carbons (Fsp3) is 0.692. The van der Waals surface area contributed by atoms with Crippen LogP contribution in [0, 0.1) is 5.41 Å². The van der Waals surface area contributed by atoms with Crippen LogP contribution in [0.5, 0.6) is 0 Å². The molecule has 0 aromatic carbocycles. The molecule has 18 heavy (non-hydrogen) atoms. The summed E-state index contributed by atoms with van der Waals surface area (Å²) in [5, 5.41) is 3.05. The normalized spacial score (nSPS) is 11.4. The van der Waals surface area contributed by atoms with E-state index in [2.05, 4.69) is 41.0 Å². The van der Waals surface area contributed by atoms with E-state index in [0.29, 0.717) is 12.4 Å². The summed E-state index contributed by atoms with van der Waals surface area (Å²) in [5.74, 6) is 2.42. The highest BCUT2D eigenvalue weighted by Crippen LogP contribution is 2.20. The number of hydrogen-bond donors (Lipinski definition) is 1. The Morgan fingerprint density at radius 1 is 1.33 bits per heavy atom. The van der Waals surface area contributed by atoms with Crippen LogP contribution in [0.3, 0.4) is 0 Å². The topological polar surface area (TPSA) is 50.3 Å². The SMILES string of the molecule is CNc1cc(N(C)CC(C)(C)C)nc(COC)n1. The molecule has 0 aliphatic carbocycles. The van der Waals surface area contributed by atoms with Gasteiger partial charge in [0.2, 0.25) is 0 Å². The molecule has 1 aromatic rings. The second-order valence-electron chi connectivity index (χ2n) is 5.63. The molecule has 0 radical (unpaired) electrons. The molecular weight excluding hydrogens is 228 g/mol. The fourth-order valence-corrected chi connectivity index (χ4v) is 1.79. The summed E-state index contributed by atoms with van der Waals surface area (Å²) in [6, 6.07) is 1.95. The van der Waals surface area contributed by atoms with Gasteiger partial charge >= 0.3 is 0 Å². The second-order valence-corrected chi connectivity index (χ2v) is 5.63. The maximum Gasteiger partial charge on any atom is 0.158 e. The first-order valence-electron chi connectivity index (χ1n) is 6.11. The van der Waals surface area contributed by atoms with Gasteiger partial charge in [-0.1, -0.05) is 20.8 Å². The molecule has 0 aliphatic heterocycles. The Morgan fingerprint density at radius 2 is 2.00 bits per heavy atom. The molecule has 0 saturated carbocycles. The molecule has 0 aliphatic rings. The van der Waals surface area contributed by atoms with Crippen molar-refractivity contribution in [1.82, 2.24) is 9.97 Å². The molecule has 5 nitrogen and oxygen atoms in total. The van der Waals surface area contributed by atoms with E-state index in [0.717, 1.165) is 18.2 Å². The highest BCUT2D eigenvalue weighted by atomic mass is 16.5. The molecule has 0 amide bonds. The molecule has 0 atom stereocenters. The lowest BCUT2D eigenvalue weighted by Gasteiger charge is -2.27. The number of anilines is 2. The number of ether oxygens (including phenoxy) is 1. The van der Waals surface area contributed by atoms with Gasteiger partial charge in [-0.3, -0.25) is 0 Å². The average molecular weight is 252 g/mol. The Labute approximate surface area is 110 Å². The van der Waals surface area contributed by atoms with Gasteiger partial charge in [0.25, 0.3) is 0 Å². The first-order valence-corrected chi connectivity index (χ1v) is 6.11. The van der Waals surface area contributed by atoms with Gasteiger partial charge in [-0.2, -0.15) is 0 Å². The monoisotopic (exact) mass is 252 g/mol. The van der Waals surface area contributed by atoms with Gasteiger partial charge in [0.1, 0.15) is 18.2 Å². The van der Waals surface area contributed by atoms with Crippen molar-refractivity contribution in [2.75, 3.05) is 38.0 Å². The minimum Gasteiger partial charge on any atom is -0.377 e. The lowest BCUT2D eigenvalue weighted by molar-refractivity contribution is 0.178. The zero-order chi connectivity index (χ0) is 13.8. The van der Waals surface area contributed by atoms with Crippen LogP contribution in [0.4, 0.5) is 11.6 Å². The highest BCUT2D eigenvalue weighted by molar-refractivity contribution is 5.48. The summed E-state index contributed by atoms with van der Waals surface area (Å²) in [7, 11) is 5.55. The van der Waals surface area contributed by atoms with Gasteiger partial charge < -0.3 is 15.0 Å². The maximum atomic E-state index is 5.09. The molecule has 0 saturated heterocycles. The van der Waals surface area contributed by atoms with Crippen LogP contribution in [-0.4, -0.2) is 37.7 Å². The van der Waals surface area contributed by atoms with Crippen LogP contribution in [0.1, 0.15) is 26.6 Å². The summed E-state index contributed by atoms with van der Waals surface area (Å²) in [6.45, 7) is 7.98. The van der Waals surface area contributed by atoms with E-state index in [9.17, 15) is 0 Å². The molecule has 1 aromatic heterocycles. The Kier molecular flexibility index (Phi) is 4.90. The first-order chi connectivity index (χ1) is 8.35. The van der Waals surface area contributed by atoms with Crippen molar-refractivity contribution in [3.8, 4) is 0 Å². The van der Waals surface area contributed by atoms with E-state index in [1.807, 2.05) is 20.2 Å². The average Bonchev–Trinajstić information content (AvgIpc) is 2.26. The van der Waals surface area contributed by atoms with Gasteiger partial charge in [-0.05, 0) is 5.41 Å². The second kappa shape index (κ2) is 6.00. The summed E-state index contributed by atoms with van der Waals surface area (Å²) >= 11 is 0. The lowest BCUT2D eigenvalue weighted by Crippen LogP contribution is -2.30. The quantitative estimate of drug-likeness (QED) is 0.870. The Bertz CT molecular complexity index is 387. The molecule has 1 heterocycles. The number of aromatic nitrogens is 2. The summed E-state index contributed by atoms with van der Waals surface area (Å²) in [4.78, 5) is 11.0. The summed E-state index contributed by atoms with van der Waals surface area (Å²) in [5.41, 5.74) is 0.223. The van der Waals surface area contributed by atoms with E-state index in [1.54, 1.807) is 7.11 Å². The Balaban J connectivity index is 2.96. The highest BCUT2D eigenvalue weighted by Gasteiger charge is 2.16. The Hall–Kier alpha value is -1.36. The van der Waals surface area contributed by atoms with Crippen molar-refractivity contribution in [2.45, 2.75) is 27.4 Å². The molecule has 102 valence electrons. The fourth-order valence-electron chi connectivity index (χ4n) is 1.79. The minimum absolute atomic E-state index is 0.223. The molecule has 1 N–H and O–H groups in total. The smallest absolute Gasteiger partial charge is 0.158 e. The van der Waals surface area contributed by atoms with Crippen molar-refractivity contribution < 1.29 is 4.74 Å². The molecule has 0 unspecified atom stereocenters. The van der Waals surface area contributed by atoms with Crippen LogP contribution in [0.15, 0.2) is 6.07 Å². The van der Waals surface area contributed by atoms with Crippen LogP contribution in [-0.2, 0) is 11.3 Å². The van der Waals surface area contributed by atoms with Crippen molar-refractivity contribution in [3.05, 3.63) is 11.9 Å². The van der Waals surface area contributed by atoms with Crippen LogP contribution >= 0.6 is 0 Å². The molecule has 1 rings (SSSR count). The Morgan fingerprint density at radius 3 is 2.50 bits per heavy atom. The van der Waals surface area contributed by atoms with Crippen LogP contribution in [0.2, 0.25) is 0 Å². The van der Waals surface area contributed by atoms with E-state index < -0.39 is 0 Å². The maximum absolute atomic E-state index is 5.09. The minimum atomic E-state index is 0.223. The standard InChI is InChI=1S/C13H24N4O/c1-13(2,3)9-17(5)12-7-10(14-4)15-11(16-12)8-18-6/h7H,8-9H2,1-6H3,(H,14,15,16). The number of nitrogens with one attached hydrogen (secondary N) is 1. The van der Waals surface area contributed by atoms with E-state index in [1.165, 1.54) is 0 Å². The molecule has 0 fully saturated rings. The van der Waals surface area contributed by atoms with Crippen LogP contribution < -0.4 is 10.2 Å². The van der Waals surface area contributed by atoms with Gasteiger partial charge in [0.15, 0.2) is 5.82 Å². The van der Waals surface area contributed by atoms with Crippen molar-refractivity contribution >= 4 is 11.6 Å². The largest absolute Gasteiger partial charge is 0.377 e. The van der Waals surface area contributed by atoms with Gasteiger partial charge in [-0.25, -0.2) is 9.97 Å². The van der Waals surface area contributed by atoms with Crippen molar-refractivity contribution in [2.24, 2.45) is 5.41 Å². The number of nitrogens with zero attached hydrogens (tertiary/aromatic N) is 3. The summed E-state index contributed by atoms with van der Waals surface area (Å²) < 4.78 is 5.09. The van der Waals surface area contributed by atoms with Crippen molar-refractivity contribution in [3.63, 3.8) is 0 Å². The first kappa shape index (κ1) is 14.7. The third-order valence-electron chi connectivity index (χ3n) is 2.39. The van der Waals surface area contributed by atoms with E-state index in [4.69, 9.17) is 4.74 Å². The number of rotatable bonds is 5. The lowest BCUT2D eigenvalue weighted by atomic mass is 9.96. The van der Waals surface area contributed by atoms with Crippen LogP contribution in [0.25, 0.3) is 0 Å². The van der Waals surface area contributed by atoms with E-state index in [-0.39, 0.29) is 5.41 Å². The van der Waals surface area contributed by atoms with Gasteiger partial charge in [-0.15, -0.1) is 0 Å². The third-order valence-corrected chi connectivity index (χ3v) is 2.39. The molecular formula is C13H24N4O. The zero-order valence-electron chi connectivity index (χ0n) is 12.2. The number of methoxy groups -OCH3 is 1. The van der Waals surface area contributed by atoms with Crippen molar-refractivity contribution in [1.29, 1.82) is 0 Å². The van der Waals surface area contributed by atoms with Gasteiger partial charge in [0, 0.05) is 33.8 Å². The van der Waals surface area contributed by atoms with E-state index >= 15 is 0 Å². The zero-order valence-corrected chi connectivity index (χ0v) is 12.2. The predicted molar refractivity (Wildman–Crippen MR) is 75.0 cm³/mol. The summed E-state index contributed by atoms with van der Waals surface area (Å²) in [6.07, 6.45) is 0. The predicted octanol–water partition coefficient (Wildman–Crippen LogP) is 2.15. The molecule has 0 bridgehead atoms. The van der Waals surface area contributed by atoms with Gasteiger partial charge in [0.05, 0.1) is 0 Å². The molecule has 5 heteroatoms. The number of hydrogen-bond acceptors (Lipinski definition) is 5. The third kappa shape index (κ3) is 4.49.